The van der Waals surface area contributed by atoms with Crippen LogP contribution in [0.2, 0.25) is 0 Å². The first-order valence-electron chi connectivity index (χ1n) is 7.35. The number of nitrogens with zero attached hydrogens (tertiary/aromatic N) is 3. The molecule has 0 radical (unpaired) electrons. The second-order valence-electron chi connectivity index (χ2n) is 5.31. The minimum absolute atomic E-state index is 0.109. The summed E-state index contributed by atoms with van der Waals surface area (Å²) in [6, 6.07) is 9.05. The number of hydrogen-bond donors (Lipinski definition) is 1. The molecule has 0 saturated heterocycles. The van der Waals surface area contributed by atoms with E-state index in [1.165, 1.54) is 22.9 Å². The van der Waals surface area contributed by atoms with Gasteiger partial charge < -0.3 is 5.11 Å². The van der Waals surface area contributed by atoms with Gasteiger partial charge in [-0.2, -0.15) is 0 Å². The first-order chi connectivity index (χ1) is 11.5. The van der Waals surface area contributed by atoms with E-state index in [0.717, 1.165) is 5.56 Å². The fourth-order valence-corrected chi connectivity index (χ4v) is 2.44. The highest BCUT2D eigenvalue weighted by atomic mass is 19.1. The van der Waals surface area contributed by atoms with Crippen LogP contribution in [-0.4, -0.2) is 25.6 Å². The van der Waals surface area contributed by atoms with Gasteiger partial charge in [-0.3, -0.25) is 14.2 Å². The van der Waals surface area contributed by atoms with Crippen molar-refractivity contribution in [3.8, 4) is 0 Å². The Balaban J connectivity index is 2.09. The first kappa shape index (κ1) is 15.8. The Kier molecular flexibility index (Phi) is 4.33. The standard InChI is InChI=1S/C17H14FN3O3/c18-12-5-3-11(4-6-12)10-21-14(7-8-15(22)23)20-16-13(17(21)24)2-1-9-19-16/h1-6,9H,7-8,10H2,(H,22,23). The number of pyridine rings is 1. The van der Waals surface area contributed by atoms with E-state index in [1.54, 1.807) is 24.3 Å². The van der Waals surface area contributed by atoms with Crippen LogP contribution in [0.25, 0.3) is 11.0 Å². The van der Waals surface area contributed by atoms with Gasteiger partial charge in [-0.25, -0.2) is 14.4 Å². The van der Waals surface area contributed by atoms with Gasteiger partial charge in [-0.05, 0) is 29.8 Å². The van der Waals surface area contributed by atoms with Crippen molar-refractivity contribution >= 4 is 17.0 Å². The molecular weight excluding hydrogens is 313 g/mol. The van der Waals surface area contributed by atoms with Crippen LogP contribution in [0.3, 0.4) is 0 Å². The van der Waals surface area contributed by atoms with E-state index >= 15 is 0 Å². The van der Waals surface area contributed by atoms with Crippen LogP contribution in [0.4, 0.5) is 4.39 Å². The fraction of sp³-hybridized carbons (Fsp3) is 0.176. The normalized spacial score (nSPS) is 10.9. The molecule has 0 aliphatic carbocycles. The molecule has 0 spiro atoms. The Morgan fingerprint density at radius 3 is 2.67 bits per heavy atom. The maximum absolute atomic E-state index is 13.0. The highest BCUT2D eigenvalue weighted by molar-refractivity contribution is 5.73. The molecule has 0 amide bonds. The highest BCUT2D eigenvalue weighted by Crippen LogP contribution is 2.10. The van der Waals surface area contributed by atoms with Crippen molar-refractivity contribution < 1.29 is 14.3 Å². The van der Waals surface area contributed by atoms with Crippen LogP contribution in [0.15, 0.2) is 47.4 Å². The number of aliphatic carboxylic acids is 1. The Labute approximate surface area is 136 Å². The summed E-state index contributed by atoms with van der Waals surface area (Å²) < 4.78 is 14.5. The van der Waals surface area contributed by atoms with E-state index in [4.69, 9.17) is 5.11 Å². The predicted molar refractivity (Wildman–Crippen MR) is 85.3 cm³/mol. The van der Waals surface area contributed by atoms with Gasteiger partial charge in [-0.15, -0.1) is 0 Å². The molecule has 0 aliphatic rings. The second-order valence-corrected chi connectivity index (χ2v) is 5.31. The number of benzene rings is 1. The van der Waals surface area contributed by atoms with Crippen molar-refractivity contribution in [1.29, 1.82) is 0 Å². The lowest BCUT2D eigenvalue weighted by Crippen LogP contribution is -2.26. The minimum atomic E-state index is -0.973. The van der Waals surface area contributed by atoms with E-state index in [9.17, 15) is 14.0 Å². The molecule has 1 N–H and O–H groups in total. The minimum Gasteiger partial charge on any atom is -0.481 e. The molecular formula is C17H14FN3O3. The average Bonchev–Trinajstić information content (AvgIpc) is 2.57. The monoisotopic (exact) mass is 327 g/mol. The van der Waals surface area contributed by atoms with E-state index < -0.39 is 5.97 Å². The van der Waals surface area contributed by atoms with E-state index in [2.05, 4.69) is 9.97 Å². The molecule has 1 aromatic carbocycles. The first-order valence-corrected chi connectivity index (χ1v) is 7.35. The molecule has 6 nitrogen and oxygen atoms in total. The zero-order valence-corrected chi connectivity index (χ0v) is 12.6. The van der Waals surface area contributed by atoms with Gasteiger partial charge >= 0.3 is 5.97 Å². The molecule has 0 aliphatic heterocycles. The molecule has 122 valence electrons. The summed E-state index contributed by atoms with van der Waals surface area (Å²) >= 11 is 0. The number of aryl methyl sites for hydroxylation is 1. The number of carboxylic acids is 1. The molecule has 3 rings (SSSR count). The molecule has 0 fully saturated rings. The zero-order valence-electron chi connectivity index (χ0n) is 12.6. The van der Waals surface area contributed by atoms with Gasteiger partial charge in [0.15, 0.2) is 5.65 Å². The summed E-state index contributed by atoms with van der Waals surface area (Å²) in [4.78, 5) is 32.0. The maximum atomic E-state index is 13.0. The summed E-state index contributed by atoms with van der Waals surface area (Å²) in [5, 5.41) is 9.26. The Bertz CT molecular complexity index is 951. The number of halogens is 1. The lowest BCUT2D eigenvalue weighted by atomic mass is 10.2. The van der Waals surface area contributed by atoms with Gasteiger partial charge in [0.1, 0.15) is 11.6 Å². The number of rotatable bonds is 5. The van der Waals surface area contributed by atoms with E-state index in [1.807, 2.05) is 0 Å². The lowest BCUT2D eigenvalue weighted by molar-refractivity contribution is -0.137. The van der Waals surface area contributed by atoms with Gasteiger partial charge in [-0.1, -0.05) is 12.1 Å². The largest absolute Gasteiger partial charge is 0.481 e. The van der Waals surface area contributed by atoms with Crippen LogP contribution < -0.4 is 5.56 Å². The van der Waals surface area contributed by atoms with Crippen LogP contribution in [0, 0.1) is 5.82 Å². The Hall–Kier alpha value is -3.09. The van der Waals surface area contributed by atoms with Crippen LogP contribution in [0.5, 0.6) is 0 Å². The predicted octanol–water partition coefficient (Wildman–Crippen LogP) is 2.00. The third kappa shape index (κ3) is 3.29. The fourth-order valence-electron chi connectivity index (χ4n) is 2.44. The molecule has 2 heterocycles. The number of carboxylic acid groups (broad SMARTS) is 1. The molecule has 0 saturated carbocycles. The molecule has 0 atom stereocenters. The van der Waals surface area contributed by atoms with Crippen molar-refractivity contribution in [2.24, 2.45) is 0 Å². The van der Waals surface area contributed by atoms with Crippen molar-refractivity contribution in [3.63, 3.8) is 0 Å². The zero-order chi connectivity index (χ0) is 17.1. The Morgan fingerprint density at radius 2 is 1.96 bits per heavy atom. The summed E-state index contributed by atoms with van der Waals surface area (Å²) in [5.74, 6) is -0.991. The summed E-state index contributed by atoms with van der Waals surface area (Å²) in [6.07, 6.45) is 1.49. The number of fused-ring (bicyclic) bond motifs is 1. The number of carbonyl (C=O) groups is 1. The van der Waals surface area contributed by atoms with Gasteiger partial charge in [0.25, 0.3) is 5.56 Å². The summed E-state index contributed by atoms with van der Waals surface area (Å²) in [6.45, 7) is 0.186. The SMILES string of the molecule is O=C(O)CCc1nc2ncccc2c(=O)n1Cc1ccc(F)cc1. The van der Waals surface area contributed by atoms with Gasteiger partial charge in [0.05, 0.1) is 18.4 Å². The number of aromatic nitrogens is 3. The maximum Gasteiger partial charge on any atom is 0.303 e. The molecule has 24 heavy (non-hydrogen) atoms. The third-order valence-corrected chi connectivity index (χ3v) is 3.63. The Morgan fingerprint density at radius 1 is 1.21 bits per heavy atom. The smallest absolute Gasteiger partial charge is 0.303 e. The topological polar surface area (TPSA) is 85.1 Å². The third-order valence-electron chi connectivity index (χ3n) is 3.63. The van der Waals surface area contributed by atoms with Crippen molar-refractivity contribution in [2.45, 2.75) is 19.4 Å². The second kappa shape index (κ2) is 6.57. The molecule has 7 heteroatoms. The molecule has 0 bridgehead atoms. The summed E-state index contributed by atoms with van der Waals surface area (Å²) in [5.41, 5.74) is 0.719. The summed E-state index contributed by atoms with van der Waals surface area (Å²) in [7, 11) is 0. The van der Waals surface area contributed by atoms with E-state index in [-0.39, 0.29) is 30.8 Å². The van der Waals surface area contributed by atoms with Crippen LogP contribution in [-0.2, 0) is 17.8 Å². The molecule has 3 aromatic rings. The van der Waals surface area contributed by atoms with E-state index in [0.29, 0.717) is 16.9 Å². The van der Waals surface area contributed by atoms with Crippen molar-refractivity contribution in [3.05, 3.63) is 70.2 Å². The highest BCUT2D eigenvalue weighted by Gasteiger charge is 2.13. The van der Waals surface area contributed by atoms with Crippen LogP contribution >= 0.6 is 0 Å². The average molecular weight is 327 g/mol. The van der Waals surface area contributed by atoms with Crippen molar-refractivity contribution in [2.75, 3.05) is 0 Å². The quantitative estimate of drug-likeness (QED) is 0.775. The van der Waals surface area contributed by atoms with Gasteiger partial charge in [0, 0.05) is 12.6 Å². The van der Waals surface area contributed by atoms with Gasteiger partial charge in [0.2, 0.25) is 0 Å². The lowest BCUT2D eigenvalue weighted by Gasteiger charge is -2.13. The molecule has 0 unspecified atom stereocenters. The molecule has 2 aromatic heterocycles. The van der Waals surface area contributed by atoms with Crippen LogP contribution in [0.1, 0.15) is 17.8 Å². The van der Waals surface area contributed by atoms with Crippen molar-refractivity contribution in [1.82, 2.24) is 14.5 Å². The number of hydrogen-bond acceptors (Lipinski definition) is 4.